The standard InChI is InChI=1S/C8H13BrF3N/c9-7(8(10,11)12)6-13-4-2-1-3-5-13/h7H,1-6H2/t7-/m0/s1. The summed E-state index contributed by atoms with van der Waals surface area (Å²) in [6, 6.07) is 0. The van der Waals surface area contributed by atoms with Gasteiger partial charge in [0.25, 0.3) is 0 Å². The molecule has 1 heterocycles. The van der Waals surface area contributed by atoms with Crippen molar-refractivity contribution in [3.8, 4) is 0 Å². The fraction of sp³-hybridized carbons (Fsp3) is 1.00. The highest BCUT2D eigenvalue weighted by atomic mass is 79.9. The summed E-state index contributed by atoms with van der Waals surface area (Å²) in [5.74, 6) is 0. The molecule has 13 heavy (non-hydrogen) atoms. The maximum Gasteiger partial charge on any atom is 0.402 e. The van der Waals surface area contributed by atoms with Gasteiger partial charge in [0.2, 0.25) is 0 Å². The van der Waals surface area contributed by atoms with Crippen molar-refractivity contribution in [3.05, 3.63) is 0 Å². The van der Waals surface area contributed by atoms with E-state index in [-0.39, 0.29) is 6.54 Å². The first-order valence-electron chi connectivity index (χ1n) is 4.43. The predicted molar refractivity (Wildman–Crippen MR) is 49.1 cm³/mol. The van der Waals surface area contributed by atoms with Gasteiger partial charge in [-0.25, -0.2) is 0 Å². The summed E-state index contributed by atoms with van der Waals surface area (Å²) in [6.07, 6.45) is -0.915. The van der Waals surface area contributed by atoms with E-state index in [4.69, 9.17) is 0 Å². The number of halogens is 4. The Bertz CT molecular complexity index is 154. The van der Waals surface area contributed by atoms with E-state index in [2.05, 4.69) is 15.9 Å². The van der Waals surface area contributed by atoms with E-state index in [0.29, 0.717) is 0 Å². The van der Waals surface area contributed by atoms with E-state index in [1.807, 2.05) is 4.90 Å². The van der Waals surface area contributed by atoms with Crippen LogP contribution in [0.2, 0.25) is 0 Å². The third kappa shape index (κ3) is 3.85. The summed E-state index contributed by atoms with van der Waals surface area (Å²) in [6.45, 7) is 1.69. The molecule has 1 aliphatic rings. The van der Waals surface area contributed by atoms with Gasteiger partial charge in [0.05, 0.1) is 0 Å². The molecule has 0 unspecified atom stereocenters. The predicted octanol–water partition coefficient (Wildman–Crippen LogP) is 2.80. The Morgan fingerprint density at radius 2 is 1.69 bits per heavy atom. The van der Waals surface area contributed by atoms with E-state index in [1.54, 1.807) is 0 Å². The van der Waals surface area contributed by atoms with Gasteiger partial charge in [-0.15, -0.1) is 0 Å². The summed E-state index contributed by atoms with van der Waals surface area (Å²) in [7, 11) is 0. The van der Waals surface area contributed by atoms with Crippen LogP contribution in [0.1, 0.15) is 19.3 Å². The minimum absolute atomic E-state index is 0.0868. The van der Waals surface area contributed by atoms with Gasteiger partial charge >= 0.3 is 6.18 Å². The molecule has 1 nitrogen and oxygen atoms in total. The van der Waals surface area contributed by atoms with Crippen LogP contribution in [-0.2, 0) is 0 Å². The van der Waals surface area contributed by atoms with E-state index >= 15 is 0 Å². The fourth-order valence-electron chi connectivity index (χ4n) is 1.47. The molecule has 1 rings (SSSR count). The lowest BCUT2D eigenvalue weighted by Gasteiger charge is -2.29. The number of alkyl halides is 4. The third-order valence-corrected chi connectivity index (χ3v) is 3.03. The van der Waals surface area contributed by atoms with Crippen molar-refractivity contribution in [3.63, 3.8) is 0 Å². The zero-order valence-electron chi connectivity index (χ0n) is 7.28. The number of piperidine rings is 1. The molecular weight excluding hydrogens is 247 g/mol. The van der Waals surface area contributed by atoms with Gasteiger partial charge in [-0.1, -0.05) is 22.4 Å². The zero-order chi connectivity index (χ0) is 9.90. The van der Waals surface area contributed by atoms with E-state index in [9.17, 15) is 13.2 Å². The molecule has 0 radical (unpaired) electrons. The zero-order valence-corrected chi connectivity index (χ0v) is 8.87. The Labute approximate surface area is 84.4 Å². The number of hydrogen-bond donors (Lipinski definition) is 0. The number of hydrogen-bond acceptors (Lipinski definition) is 1. The van der Waals surface area contributed by atoms with Crippen LogP contribution in [0.15, 0.2) is 0 Å². The maximum atomic E-state index is 12.1. The Hall–Kier alpha value is 0.230. The minimum atomic E-state index is -4.11. The Kier molecular flexibility index (Phi) is 4.04. The third-order valence-electron chi connectivity index (χ3n) is 2.22. The summed E-state index contributed by atoms with van der Waals surface area (Å²) < 4.78 is 36.4. The van der Waals surface area contributed by atoms with Crippen LogP contribution in [0.5, 0.6) is 0 Å². The first kappa shape index (κ1) is 11.3. The molecule has 0 bridgehead atoms. The van der Waals surface area contributed by atoms with Crippen molar-refractivity contribution >= 4 is 15.9 Å². The van der Waals surface area contributed by atoms with Crippen molar-refractivity contribution in [2.45, 2.75) is 30.3 Å². The second-order valence-corrected chi connectivity index (χ2v) is 4.48. The van der Waals surface area contributed by atoms with Crippen LogP contribution in [-0.4, -0.2) is 35.5 Å². The van der Waals surface area contributed by atoms with E-state index < -0.39 is 11.0 Å². The average molecular weight is 260 g/mol. The molecule has 0 aliphatic carbocycles. The van der Waals surface area contributed by atoms with Crippen molar-refractivity contribution in [2.24, 2.45) is 0 Å². The van der Waals surface area contributed by atoms with Crippen molar-refractivity contribution < 1.29 is 13.2 Å². The minimum Gasteiger partial charge on any atom is -0.302 e. The SMILES string of the molecule is FC(F)(F)[C@@H](Br)CN1CCCCC1. The normalized spacial score (nSPS) is 23.1. The lowest BCUT2D eigenvalue weighted by Crippen LogP contribution is -2.39. The highest BCUT2D eigenvalue weighted by Crippen LogP contribution is 2.27. The molecule has 1 atom stereocenters. The van der Waals surface area contributed by atoms with Gasteiger partial charge in [0.15, 0.2) is 0 Å². The Morgan fingerprint density at radius 3 is 2.15 bits per heavy atom. The molecular formula is C8H13BrF3N. The first-order valence-corrected chi connectivity index (χ1v) is 5.35. The van der Waals surface area contributed by atoms with Gasteiger partial charge in [-0.05, 0) is 25.9 Å². The van der Waals surface area contributed by atoms with Crippen molar-refractivity contribution in [2.75, 3.05) is 19.6 Å². The molecule has 1 saturated heterocycles. The highest BCUT2D eigenvalue weighted by Gasteiger charge is 2.38. The summed E-state index contributed by atoms with van der Waals surface area (Å²) in [5.41, 5.74) is 0. The second kappa shape index (κ2) is 4.64. The Balaban J connectivity index is 2.30. The monoisotopic (exact) mass is 259 g/mol. The van der Waals surface area contributed by atoms with Gasteiger partial charge in [-0.3, -0.25) is 0 Å². The first-order chi connectivity index (χ1) is 6.00. The van der Waals surface area contributed by atoms with E-state index in [1.165, 1.54) is 0 Å². The summed E-state index contributed by atoms with van der Waals surface area (Å²) in [4.78, 5) is 0.495. The maximum absolute atomic E-state index is 12.1. The van der Waals surface area contributed by atoms with Crippen LogP contribution in [0, 0.1) is 0 Å². The molecule has 1 fully saturated rings. The van der Waals surface area contributed by atoms with Gasteiger partial charge in [0, 0.05) is 6.54 Å². The largest absolute Gasteiger partial charge is 0.402 e. The molecule has 0 N–H and O–H groups in total. The van der Waals surface area contributed by atoms with Crippen molar-refractivity contribution in [1.82, 2.24) is 4.90 Å². The molecule has 0 aromatic heterocycles. The molecule has 5 heteroatoms. The number of likely N-dealkylation sites (tertiary alicyclic amines) is 1. The second-order valence-electron chi connectivity index (χ2n) is 3.37. The van der Waals surface area contributed by atoms with Gasteiger partial charge < -0.3 is 4.90 Å². The molecule has 0 aromatic rings. The fourth-order valence-corrected chi connectivity index (χ4v) is 1.88. The quantitative estimate of drug-likeness (QED) is 0.690. The lowest BCUT2D eigenvalue weighted by molar-refractivity contribution is -0.130. The van der Waals surface area contributed by atoms with E-state index in [0.717, 1.165) is 32.4 Å². The number of nitrogens with zero attached hydrogens (tertiary/aromatic N) is 1. The summed E-state index contributed by atoms with van der Waals surface area (Å²) in [5, 5.41) is 0. The van der Waals surface area contributed by atoms with Crippen LogP contribution >= 0.6 is 15.9 Å². The average Bonchev–Trinajstić information content (AvgIpc) is 2.04. The molecule has 0 aromatic carbocycles. The number of rotatable bonds is 2. The van der Waals surface area contributed by atoms with Crippen LogP contribution in [0.25, 0.3) is 0 Å². The molecule has 0 saturated carbocycles. The molecule has 78 valence electrons. The highest BCUT2D eigenvalue weighted by molar-refractivity contribution is 9.09. The van der Waals surface area contributed by atoms with Crippen LogP contribution < -0.4 is 0 Å². The van der Waals surface area contributed by atoms with Crippen molar-refractivity contribution in [1.29, 1.82) is 0 Å². The molecule has 0 amide bonds. The Morgan fingerprint density at radius 1 is 1.15 bits per heavy atom. The molecule has 1 aliphatic heterocycles. The topological polar surface area (TPSA) is 3.24 Å². The van der Waals surface area contributed by atoms with Crippen LogP contribution in [0.3, 0.4) is 0 Å². The summed E-state index contributed by atoms with van der Waals surface area (Å²) >= 11 is 2.67. The van der Waals surface area contributed by atoms with Gasteiger partial charge in [-0.2, -0.15) is 13.2 Å². The van der Waals surface area contributed by atoms with Crippen LogP contribution in [0.4, 0.5) is 13.2 Å². The smallest absolute Gasteiger partial charge is 0.302 e. The lowest BCUT2D eigenvalue weighted by atomic mass is 10.1. The molecule has 0 spiro atoms. The van der Waals surface area contributed by atoms with Gasteiger partial charge in [0.1, 0.15) is 4.83 Å².